The lowest BCUT2D eigenvalue weighted by Crippen LogP contribution is -2.28. The predicted octanol–water partition coefficient (Wildman–Crippen LogP) is 1.32. The van der Waals surface area contributed by atoms with Gasteiger partial charge in [-0.15, -0.1) is 6.58 Å². The molecule has 0 saturated heterocycles. The normalized spacial score (nSPS) is 14.3. The van der Waals surface area contributed by atoms with Crippen molar-refractivity contribution in [2.24, 2.45) is 0 Å². The number of nitrogens with zero attached hydrogens (tertiary/aromatic N) is 2. The fourth-order valence-electron chi connectivity index (χ4n) is 2.14. The first kappa shape index (κ1) is 19.1. The van der Waals surface area contributed by atoms with Crippen molar-refractivity contribution in [3.8, 4) is 0 Å². The van der Waals surface area contributed by atoms with Gasteiger partial charge < -0.3 is 10.2 Å². The summed E-state index contributed by atoms with van der Waals surface area (Å²) in [6, 6.07) is 2.92. The van der Waals surface area contributed by atoms with E-state index in [1.807, 2.05) is 13.8 Å². The zero-order valence-corrected chi connectivity index (χ0v) is 14.4. The van der Waals surface area contributed by atoms with Gasteiger partial charge >= 0.3 is 5.97 Å². The SMILES string of the molecule is C=C[C@H](O)C(C(=O)O)c1ccc(N(C)S(C)(=O)=O)nc1C(C)C. The van der Waals surface area contributed by atoms with Crippen molar-refractivity contribution >= 4 is 21.8 Å². The number of aliphatic carboxylic acids is 1. The van der Waals surface area contributed by atoms with Gasteiger partial charge in [-0.25, -0.2) is 13.4 Å². The number of aromatic nitrogens is 1. The molecule has 2 N–H and O–H groups in total. The third-order valence-electron chi connectivity index (χ3n) is 3.49. The smallest absolute Gasteiger partial charge is 0.314 e. The minimum absolute atomic E-state index is 0.156. The van der Waals surface area contributed by atoms with Gasteiger partial charge in [-0.05, 0) is 17.5 Å². The van der Waals surface area contributed by atoms with E-state index in [9.17, 15) is 23.4 Å². The first-order valence-electron chi connectivity index (χ1n) is 6.98. The van der Waals surface area contributed by atoms with Crippen molar-refractivity contribution in [2.75, 3.05) is 17.6 Å². The van der Waals surface area contributed by atoms with Crippen LogP contribution in [0.4, 0.5) is 5.82 Å². The van der Waals surface area contributed by atoms with E-state index in [0.717, 1.165) is 16.6 Å². The van der Waals surface area contributed by atoms with Gasteiger partial charge in [0.2, 0.25) is 10.0 Å². The van der Waals surface area contributed by atoms with Crippen LogP contribution in [0.1, 0.15) is 36.9 Å². The third-order valence-corrected chi connectivity index (χ3v) is 4.68. The molecule has 0 aromatic carbocycles. The Labute approximate surface area is 136 Å². The lowest BCUT2D eigenvalue weighted by Gasteiger charge is -2.23. The molecule has 128 valence electrons. The Kier molecular flexibility index (Phi) is 5.90. The Hall–Kier alpha value is -1.93. The van der Waals surface area contributed by atoms with Crippen LogP contribution in [-0.4, -0.2) is 49.0 Å². The molecule has 1 aromatic heterocycles. The number of carboxylic acids is 1. The molecule has 2 atom stereocenters. The van der Waals surface area contributed by atoms with Gasteiger partial charge in [-0.2, -0.15) is 0 Å². The number of anilines is 1. The minimum Gasteiger partial charge on any atom is -0.481 e. The zero-order chi connectivity index (χ0) is 17.9. The second kappa shape index (κ2) is 7.10. The summed E-state index contributed by atoms with van der Waals surface area (Å²) in [4.78, 5) is 15.8. The fraction of sp³-hybridized carbons (Fsp3) is 0.467. The molecule has 1 unspecified atom stereocenters. The summed E-state index contributed by atoms with van der Waals surface area (Å²) in [5, 5.41) is 19.3. The topological polar surface area (TPSA) is 108 Å². The number of hydrogen-bond donors (Lipinski definition) is 2. The predicted molar refractivity (Wildman–Crippen MR) is 88.2 cm³/mol. The van der Waals surface area contributed by atoms with Crippen molar-refractivity contribution < 1.29 is 23.4 Å². The van der Waals surface area contributed by atoms with Crippen molar-refractivity contribution in [1.29, 1.82) is 0 Å². The van der Waals surface area contributed by atoms with Crippen LogP contribution in [0.5, 0.6) is 0 Å². The van der Waals surface area contributed by atoms with Crippen molar-refractivity contribution in [3.63, 3.8) is 0 Å². The lowest BCUT2D eigenvalue weighted by molar-refractivity contribution is -0.140. The van der Waals surface area contributed by atoms with E-state index in [4.69, 9.17) is 0 Å². The molecule has 1 rings (SSSR count). The summed E-state index contributed by atoms with van der Waals surface area (Å²) in [7, 11) is -2.11. The van der Waals surface area contributed by atoms with Crippen molar-refractivity contribution in [3.05, 3.63) is 36.0 Å². The molecular weight excluding hydrogens is 320 g/mol. The van der Waals surface area contributed by atoms with Crippen LogP contribution in [0.25, 0.3) is 0 Å². The highest BCUT2D eigenvalue weighted by molar-refractivity contribution is 7.92. The van der Waals surface area contributed by atoms with Crippen LogP contribution in [0.3, 0.4) is 0 Å². The third kappa shape index (κ3) is 4.29. The van der Waals surface area contributed by atoms with E-state index >= 15 is 0 Å². The Balaban J connectivity index is 3.51. The number of aliphatic hydroxyl groups is 1. The highest BCUT2D eigenvalue weighted by Crippen LogP contribution is 2.30. The molecule has 0 radical (unpaired) electrons. The zero-order valence-electron chi connectivity index (χ0n) is 13.6. The largest absolute Gasteiger partial charge is 0.481 e. The Morgan fingerprint density at radius 2 is 1.96 bits per heavy atom. The maximum Gasteiger partial charge on any atom is 0.314 e. The standard InChI is InChI=1S/C15H22N2O5S/c1-6-11(18)13(15(19)20)10-7-8-12(16-14(10)9(2)3)17(4)23(5,21)22/h6-9,11,13,18H,1H2,2-5H3,(H,19,20)/t11-,13?/m0/s1. The summed E-state index contributed by atoms with van der Waals surface area (Å²) in [5.41, 5.74) is 0.761. The number of carboxylic acid groups (broad SMARTS) is 1. The maximum absolute atomic E-state index is 11.6. The highest BCUT2D eigenvalue weighted by Gasteiger charge is 2.30. The van der Waals surface area contributed by atoms with Crippen LogP contribution < -0.4 is 4.31 Å². The molecule has 0 fully saturated rings. The molecule has 0 aliphatic rings. The molecule has 0 aliphatic carbocycles. The fourth-order valence-corrected chi connectivity index (χ4v) is 2.59. The minimum atomic E-state index is -3.48. The van der Waals surface area contributed by atoms with Gasteiger partial charge in [0.05, 0.1) is 12.4 Å². The number of rotatable bonds is 7. The van der Waals surface area contributed by atoms with Gasteiger partial charge in [-0.1, -0.05) is 26.0 Å². The van der Waals surface area contributed by atoms with Gasteiger partial charge in [0.25, 0.3) is 0 Å². The van der Waals surface area contributed by atoms with E-state index in [1.165, 1.54) is 19.2 Å². The Morgan fingerprint density at radius 1 is 1.39 bits per heavy atom. The highest BCUT2D eigenvalue weighted by atomic mass is 32.2. The molecule has 8 heteroatoms. The molecule has 0 aliphatic heterocycles. The van der Waals surface area contributed by atoms with Gasteiger partial charge in [0.15, 0.2) is 0 Å². The second-order valence-electron chi connectivity index (χ2n) is 5.57. The van der Waals surface area contributed by atoms with E-state index in [2.05, 4.69) is 11.6 Å². The van der Waals surface area contributed by atoms with Crippen LogP contribution in [0.2, 0.25) is 0 Å². The van der Waals surface area contributed by atoms with Crippen LogP contribution in [-0.2, 0) is 14.8 Å². The quantitative estimate of drug-likeness (QED) is 0.724. The summed E-state index contributed by atoms with van der Waals surface area (Å²) in [6.45, 7) is 7.05. The van der Waals surface area contributed by atoms with Gasteiger partial charge in [-0.3, -0.25) is 9.10 Å². The van der Waals surface area contributed by atoms with E-state index in [1.54, 1.807) is 0 Å². The number of hydrogen-bond acceptors (Lipinski definition) is 5. The maximum atomic E-state index is 11.6. The summed E-state index contributed by atoms with van der Waals surface area (Å²) in [5.74, 6) is -2.38. The number of pyridine rings is 1. The van der Waals surface area contributed by atoms with Crippen LogP contribution >= 0.6 is 0 Å². The van der Waals surface area contributed by atoms with E-state index in [-0.39, 0.29) is 11.7 Å². The van der Waals surface area contributed by atoms with Gasteiger partial charge in [0, 0.05) is 12.7 Å². The first-order valence-corrected chi connectivity index (χ1v) is 8.83. The molecular formula is C15H22N2O5S. The number of carbonyl (C=O) groups is 1. The average molecular weight is 342 g/mol. The van der Waals surface area contributed by atoms with E-state index < -0.39 is 28.0 Å². The average Bonchev–Trinajstić information content (AvgIpc) is 2.45. The van der Waals surface area contributed by atoms with Crippen LogP contribution in [0.15, 0.2) is 24.8 Å². The summed E-state index contributed by atoms with van der Waals surface area (Å²) < 4.78 is 24.3. The Morgan fingerprint density at radius 3 is 2.35 bits per heavy atom. The summed E-state index contributed by atoms with van der Waals surface area (Å²) in [6.07, 6.45) is 0.934. The van der Waals surface area contributed by atoms with E-state index in [0.29, 0.717) is 11.3 Å². The molecule has 1 heterocycles. The molecule has 23 heavy (non-hydrogen) atoms. The number of sulfonamides is 1. The lowest BCUT2D eigenvalue weighted by atomic mass is 9.89. The number of aliphatic hydroxyl groups excluding tert-OH is 1. The molecule has 1 aromatic rings. The summed E-state index contributed by atoms with van der Waals surface area (Å²) >= 11 is 0. The molecule has 0 saturated carbocycles. The molecule has 7 nitrogen and oxygen atoms in total. The Bertz CT molecular complexity index is 700. The van der Waals surface area contributed by atoms with Gasteiger partial charge in [0.1, 0.15) is 11.7 Å². The van der Waals surface area contributed by atoms with Crippen molar-refractivity contribution in [1.82, 2.24) is 4.98 Å². The molecule has 0 amide bonds. The molecule has 0 spiro atoms. The van der Waals surface area contributed by atoms with Crippen LogP contribution in [0, 0.1) is 0 Å². The monoisotopic (exact) mass is 342 g/mol. The second-order valence-corrected chi connectivity index (χ2v) is 7.59. The molecule has 0 bridgehead atoms. The van der Waals surface area contributed by atoms with Crippen molar-refractivity contribution in [2.45, 2.75) is 31.8 Å². The first-order chi connectivity index (χ1) is 10.5.